The number of benzene rings is 2. The van der Waals surface area contributed by atoms with Gasteiger partial charge in [0.25, 0.3) is 11.5 Å². The summed E-state index contributed by atoms with van der Waals surface area (Å²) in [5.41, 5.74) is 1.27. The fourth-order valence-electron chi connectivity index (χ4n) is 2.96. The average molecular weight is 474 g/mol. The molecule has 3 rings (SSSR count). The van der Waals surface area contributed by atoms with Crippen molar-refractivity contribution in [2.75, 3.05) is 12.4 Å². The lowest BCUT2D eigenvalue weighted by Gasteiger charge is -2.21. The zero-order valence-electron chi connectivity index (χ0n) is 17.9. The first-order chi connectivity index (χ1) is 15.1. The number of aromatic nitrogens is 1. The lowest BCUT2D eigenvalue weighted by atomic mass is 10.2. The van der Waals surface area contributed by atoms with E-state index in [4.69, 9.17) is 11.6 Å². The number of nitrogens with zero attached hydrogens (tertiary/aromatic N) is 2. The van der Waals surface area contributed by atoms with Gasteiger partial charge in [0.15, 0.2) is 0 Å². The summed E-state index contributed by atoms with van der Waals surface area (Å²) in [5, 5.41) is 3.28. The van der Waals surface area contributed by atoms with E-state index in [0.717, 1.165) is 5.56 Å². The number of pyridine rings is 1. The monoisotopic (exact) mass is 473 g/mol. The molecule has 0 fully saturated rings. The SMILES string of the molecule is CC(C)N(C)S(=O)(=O)c1ccc(C(=O)Nc2ccc(=O)n(Cc3ccccc3Cl)c2)cc1. The minimum Gasteiger partial charge on any atom is -0.321 e. The fourth-order valence-corrected chi connectivity index (χ4v) is 4.53. The van der Waals surface area contributed by atoms with Gasteiger partial charge in [0.05, 0.1) is 17.1 Å². The Morgan fingerprint density at radius 1 is 1.06 bits per heavy atom. The third kappa shape index (κ3) is 5.27. The van der Waals surface area contributed by atoms with Crippen LogP contribution in [0, 0.1) is 0 Å². The highest BCUT2D eigenvalue weighted by atomic mass is 35.5. The second kappa shape index (κ2) is 9.68. The summed E-state index contributed by atoms with van der Waals surface area (Å²) >= 11 is 6.18. The molecule has 3 aromatic rings. The van der Waals surface area contributed by atoms with Gasteiger partial charge in [0.1, 0.15) is 0 Å². The number of hydrogen-bond acceptors (Lipinski definition) is 4. The third-order valence-corrected chi connectivity index (χ3v) is 7.48. The molecule has 1 N–H and O–H groups in total. The van der Waals surface area contributed by atoms with Gasteiger partial charge in [-0.1, -0.05) is 29.8 Å². The number of rotatable bonds is 7. The van der Waals surface area contributed by atoms with E-state index < -0.39 is 15.9 Å². The molecule has 7 nitrogen and oxygen atoms in total. The Kier molecular flexibility index (Phi) is 7.18. The smallest absolute Gasteiger partial charge is 0.255 e. The van der Waals surface area contributed by atoms with Gasteiger partial charge in [-0.25, -0.2) is 8.42 Å². The third-order valence-electron chi connectivity index (χ3n) is 5.06. The highest BCUT2D eigenvalue weighted by molar-refractivity contribution is 7.89. The molecule has 0 atom stereocenters. The first kappa shape index (κ1) is 23.7. The Morgan fingerprint density at radius 2 is 1.72 bits per heavy atom. The minimum absolute atomic E-state index is 0.110. The Balaban J connectivity index is 1.78. The van der Waals surface area contributed by atoms with Crippen molar-refractivity contribution < 1.29 is 13.2 Å². The first-order valence-corrected chi connectivity index (χ1v) is 11.7. The van der Waals surface area contributed by atoms with Crippen LogP contribution in [0.15, 0.2) is 76.6 Å². The van der Waals surface area contributed by atoms with Gasteiger partial charge in [0, 0.05) is 35.9 Å². The molecular formula is C23H24ClN3O4S. The van der Waals surface area contributed by atoms with Crippen molar-refractivity contribution in [1.82, 2.24) is 8.87 Å². The second-order valence-corrected chi connectivity index (χ2v) is 9.97. The predicted molar refractivity (Wildman–Crippen MR) is 126 cm³/mol. The number of sulfonamides is 1. The van der Waals surface area contributed by atoms with Gasteiger partial charge in [-0.05, 0) is 55.8 Å². The van der Waals surface area contributed by atoms with Gasteiger partial charge >= 0.3 is 0 Å². The molecule has 2 aromatic carbocycles. The van der Waals surface area contributed by atoms with Gasteiger partial charge < -0.3 is 9.88 Å². The Hall–Kier alpha value is -2.94. The van der Waals surface area contributed by atoms with Crippen LogP contribution in [0.25, 0.3) is 0 Å². The van der Waals surface area contributed by atoms with Crippen LogP contribution in [0.4, 0.5) is 5.69 Å². The van der Waals surface area contributed by atoms with E-state index in [2.05, 4.69) is 5.32 Å². The average Bonchev–Trinajstić information content (AvgIpc) is 2.77. The molecular weight excluding hydrogens is 450 g/mol. The molecule has 0 saturated carbocycles. The second-order valence-electron chi connectivity index (χ2n) is 7.57. The Morgan fingerprint density at radius 3 is 2.34 bits per heavy atom. The number of anilines is 1. The van der Waals surface area contributed by atoms with Crippen molar-refractivity contribution in [2.45, 2.75) is 31.3 Å². The number of carbonyl (C=O) groups is 1. The molecule has 0 aliphatic rings. The topological polar surface area (TPSA) is 88.5 Å². The maximum absolute atomic E-state index is 12.6. The Bertz CT molecular complexity index is 1290. The molecule has 1 heterocycles. The van der Waals surface area contributed by atoms with Crippen LogP contribution >= 0.6 is 11.6 Å². The largest absolute Gasteiger partial charge is 0.321 e. The van der Waals surface area contributed by atoms with E-state index in [1.165, 1.54) is 52.3 Å². The van der Waals surface area contributed by atoms with Gasteiger partial charge in [-0.2, -0.15) is 4.31 Å². The molecule has 0 saturated heterocycles. The van der Waals surface area contributed by atoms with Crippen molar-refractivity contribution in [3.8, 4) is 0 Å². The summed E-state index contributed by atoms with van der Waals surface area (Å²) in [4.78, 5) is 25.0. The van der Waals surface area contributed by atoms with E-state index in [9.17, 15) is 18.0 Å². The molecule has 1 aromatic heterocycles. The number of hydrogen-bond donors (Lipinski definition) is 1. The van der Waals surface area contributed by atoms with Crippen LogP contribution < -0.4 is 10.9 Å². The van der Waals surface area contributed by atoms with E-state index in [1.54, 1.807) is 26.1 Å². The minimum atomic E-state index is -3.63. The zero-order chi connectivity index (χ0) is 23.5. The summed E-state index contributed by atoms with van der Waals surface area (Å²) < 4.78 is 27.9. The summed E-state index contributed by atoms with van der Waals surface area (Å²) in [6, 6.07) is 15.6. The molecule has 1 amide bonds. The van der Waals surface area contributed by atoms with Crippen LogP contribution in [0.3, 0.4) is 0 Å². The van der Waals surface area contributed by atoms with Crippen molar-refractivity contribution in [3.63, 3.8) is 0 Å². The number of amides is 1. The van der Waals surface area contributed by atoms with Crippen LogP contribution in [-0.4, -0.2) is 36.3 Å². The summed E-state index contributed by atoms with van der Waals surface area (Å²) in [7, 11) is -2.12. The van der Waals surface area contributed by atoms with Crippen molar-refractivity contribution in [2.24, 2.45) is 0 Å². The molecule has 32 heavy (non-hydrogen) atoms. The Labute approximate surface area is 192 Å². The molecule has 0 spiro atoms. The highest BCUT2D eigenvalue weighted by Crippen LogP contribution is 2.19. The summed E-state index contributed by atoms with van der Waals surface area (Å²) in [6.45, 7) is 3.83. The summed E-state index contributed by atoms with van der Waals surface area (Å²) in [6.07, 6.45) is 1.54. The molecule has 168 valence electrons. The number of halogens is 1. The van der Waals surface area contributed by atoms with Gasteiger partial charge in [0.2, 0.25) is 10.0 Å². The standard InChI is InChI=1S/C23H24ClN3O4S/c1-16(2)26(3)32(30,31)20-11-8-17(9-12-20)23(29)25-19-10-13-22(28)27(15-19)14-18-6-4-5-7-21(18)24/h4-13,15-16H,14H2,1-3H3,(H,25,29). The van der Waals surface area contributed by atoms with E-state index in [-0.39, 0.29) is 23.0 Å². The van der Waals surface area contributed by atoms with Gasteiger partial charge in [-0.3, -0.25) is 9.59 Å². The summed E-state index contributed by atoms with van der Waals surface area (Å²) in [5.74, 6) is -0.422. The van der Waals surface area contributed by atoms with Crippen molar-refractivity contribution >= 4 is 33.2 Å². The van der Waals surface area contributed by atoms with E-state index in [1.807, 2.05) is 18.2 Å². The highest BCUT2D eigenvalue weighted by Gasteiger charge is 2.23. The number of carbonyl (C=O) groups excluding carboxylic acids is 1. The normalized spacial score (nSPS) is 11.7. The van der Waals surface area contributed by atoms with E-state index in [0.29, 0.717) is 16.3 Å². The van der Waals surface area contributed by atoms with Crippen LogP contribution in [0.1, 0.15) is 29.8 Å². The molecule has 0 unspecified atom stereocenters. The van der Waals surface area contributed by atoms with Crippen LogP contribution in [0.2, 0.25) is 5.02 Å². The van der Waals surface area contributed by atoms with E-state index >= 15 is 0 Å². The first-order valence-electron chi connectivity index (χ1n) is 9.93. The molecule has 0 bridgehead atoms. The van der Waals surface area contributed by atoms with Gasteiger partial charge in [-0.15, -0.1) is 0 Å². The molecule has 9 heteroatoms. The molecule has 0 aliphatic heterocycles. The molecule has 0 radical (unpaired) electrons. The maximum atomic E-state index is 12.6. The zero-order valence-corrected chi connectivity index (χ0v) is 19.5. The van der Waals surface area contributed by atoms with Crippen molar-refractivity contribution in [3.05, 3.63) is 93.4 Å². The lowest BCUT2D eigenvalue weighted by molar-refractivity contribution is 0.102. The lowest BCUT2D eigenvalue weighted by Crippen LogP contribution is -2.33. The molecule has 0 aliphatic carbocycles. The quantitative estimate of drug-likeness (QED) is 0.564. The van der Waals surface area contributed by atoms with Crippen LogP contribution in [0.5, 0.6) is 0 Å². The maximum Gasteiger partial charge on any atom is 0.255 e. The predicted octanol–water partition coefficient (Wildman–Crippen LogP) is 3.83. The van der Waals surface area contributed by atoms with Crippen molar-refractivity contribution in [1.29, 1.82) is 0 Å². The number of nitrogens with one attached hydrogen (secondary N) is 1. The fraction of sp³-hybridized carbons (Fsp3) is 0.217. The van der Waals surface area contributed by atoms with Crippen LogP contribution in [-0.2, 0) is 16.6 Å².